The topological polar surface area (TPSA) is 134 Å². The Hall–Kier alpha value is -3.94. The summed E-state index contributed by atoms with van der Waals surface area (Å²) in [6.07, 6.45) is 6.94. The van der Waals surface area contributed by atoms with Crippen LogP contribution >= 0.6 is 0 Å². The first-order valence-corrected chi connectivity index (χ1v) is 13.0. The monoisotopic (exact) mass is 536 g/mol. The highest BCUT2D eigenvalue weighted by Crippen LogP contribution is 2.57. The maximum absolute atomic E-state index is 12.8. The van der Waals surface area contributed by atoms with Crippen molar-refractivity contribution in [2.75, 3.05) is 0 Å². The molecule has 0 radical (unpaired) electrons. The summed E-state index contributed by atoms with van der Waals surface area (Å²) in [5.74, 6) is -3.65. The molecule has 2 aliphatic rings. The van der Waals surface area contributed by atoms with Crippen LogP contribution in [0, 0.1) is 5.92 Å². The number of fused-ring (bicyclic) bond motifs is 2. The van der Waals surface area contributed by atoms with Crippen LogP contribution in [0.25, 0.3) is 12.2 Å². The lowest BCUT2D eigenvalue weighted by molar-refractivity contribution is 0.0985. The lowest BCUT2D eigenvalue weighted by Gasteiger charge is -2.34. The first kappa shape index (κ1) is 28.1. The highest BCUT2D eigenvalue weighted by Gasteiger charge is 2.40. The fourth-order valence-corrected chi connectivity index (χ4v) is 5.33. The van der Waals surface area contributed by atoms with E-state index in [0.29, 0.717) is 0 Å². The molecule has 0 bridgehead atoms. The third kappa shape index (κ3) is 4.73. The van der Waals surface area contributed by atoms with Crippen LogP contribution in [0.4, 0.5) is 0 Å². The van der Waals surface area contributed by atoms with Crippen molar-refractivity contribution < 1.29 is 39.5 Å². The summed E-state index contributed by atoms with van der Waals surface area (Å²) in [5.41, 5.74) is -1.51. The fraction of sp³-hybridized carbons (Fsp3) is 0.419. The van der Waals surface area contributed by atoms with Crippen LogP contribution in [-0.2, 0) is 0 Å². The maximum atomic E-state index is 12.8. The largest absolute Gasteiger partial charge is 0.507 e. The fourth-order valence-electron chi connectivity index (χ4n) is 5.33. The van der Waals surface area contributed by atoms with Crippen molar-refractivity contribution in [3.63, 3.8) is 0 Å². The van der Waals surface area contributed by atoms with Crippen molar-refractivity contribution in [2.45, 2.75) is 78.9 Å². The standard InChI is InChI=1S/C31H36O8/c1-14(2)13-19(22-24(34)17-9-11-30(5,6)38-28(17)20(15(3)32)26(22)36)23-25(35)18-10-12-31(7,8)39-29(18)21(16(4)33)27(23)37/h9-12,14,19,34-37H,13H2,1-8H3. The Morgan fingerprint density at radius 3 is 1.38 bits per heavy atom. The number of carbonyl (C=O) groups is 2. The van der Waals surface area contributed by atoms with Gasteiger partial charge in [0, 0.05) is 17.0 Å². The van der Waals surface area contributed by atoms with Crippen molar-refractivity contribution in [3.05, 3.63) is 45.5 Å². The lowest BCUT2D eigenvalue weighted by Crippen LogP contribution is -2.29. The Morgan fingerprint density at radius 1 is 0.718 bits per heavy atom. The predicted octanol–water partition coefficient (Wildman–Crippen LogP) is 6.46. The van der Waals surface area contributed by atoms with Gasteiger partial charge >= 0.3 is 0 Å². The molecule has 0 atom stereocenters. The van der Waals surface area contributed by atoms with Gasteiger partial charge in [-0.1, -0.05) is 13.8 Å². The minimum atomic E-state index is -1.01. The highest BCUT2D eigenvalue weighted by molar-refractivity contribution is 6.04. The second kappa shape index (κ2) is 9.36. The van der Waals surface area contributed by atoms with Gasteiger partial charge in [0.1, 0.15) is 56.8 Å². The van der Waals surface area contributed by atoms with Crippen LogP contribution in [0.2, 0.25) is 0 Å². The van der Waals surface area contributed by atoms with Crippen LogP contribution in [0.15, 0.2) is 12.2 Å². The number of phenolic OH excluding ortho intramolecular Hbond substituents is 4. The second-order valence-corrected chi connectivity index (χ2v) is 11.8. The van der Waals surface area contributed by atoms with Crippen molar-refractivity contribution in [3.8, 4) is 34.5 Å². The first-order valence-electron chi connectivity index (χ1n) is 13.0. The second-order valence-electron chi connectivity index (χ2n) is 11.8. The van der Waals surface area contributed by atoms with E-state index in [1.807, 2.05) is 13.8 Å². The van der Waals surface area contributed by atoms with Gasteiger partial charge in [0.15, 0.2) is 11.6 Å². The molecular formula is C31H36O8. The molecule has 0 saturated heterocycles. The zero-order valence-corrected chi connectivity index (χ0v) is 23.6. The SMILES string of the molecule is CC(=O)c1c(O)c(C(CC(C)C)c2c(O)c3c(c(C(C)=O)c2O)OC(C)(C)C=C3)c(O)c2c1OC(C)(C)C=C2. The molecule has 39 heavy (non-hydrogen) atoms. The molecule has 4 rings (SSSR count). The summed E-state index contributed by atoms with van der Waals surface area (Å²) in [5, 5.41) is 46.1. The summed E-state index contributed by atoms with van der Waals surface area (Å²) in [7, 11) is 0. The molecule has 0 spiro atoms. The number of ketones is 2. The Morgan fingerprint density at radius 2 is 1.08 bits per heavy atom. The summed E-state index contributed by atoms with van der Waals surface area (Å²) in [6, 6.07) is 0. The van der Waals surface area contributed by atoms with Crippen LogP contribution in [0.5, 0.6) is 34.5 Å². The van der Waals surface area contributed by atoms with Gasteiger partial charge in [-0.2, -0.15) is 0 Å². The Labute approximate surface area is 228 Å². The number of phenols is 4. The van der Waals surface area contributed by atoms with E-state index in [-0.39, 0.29) is 68.7 Å². The van der Waals surface area contributed by atoms with Crippen molar-refractivity contribution in [1.82, 2.24) is 0 Å². The molecule has 0 fully saturated rings. The van der Waals surface area contributed by atoms with Gasteiger partial charge in [-0.25, -0.2) is 0 Å². The van der Waals surface area contributed by atoms with Gasteiger partial charge in [-0.05, 0) is 78.2 Å². The van der Waals surface area contributed by atoms with Gasteiger partial charge in [0.05, 0.1) is 11.1 Å². The van der Waals surface area contributed by atoms with Crippen LogP contribution in [0.3, 0.4) is 0 Å². The Kier molecular flexibility index (Phi) is 6.74. The number of hydrogen-bond donors (Lipinski definition) is 4. The van der Waals surface area contributed by atoms with Gasteiger partial charge in [-0.15, -0.1) is 0 Å². The van der Waals surface area contributed by atoms with E-state index < -0.39 is 40.2 Å². The van der Waals surface area contributed by atoms with E-state index in [1.54, 1.807) is 52.0 Å². The summed E-state index contributed by atoms with van der Waals surface area (Å²) >= 11 is 0. The lowest BCUT2D eigenvalue weighted by atomic mass is 9.78. The number of aromatic hydroxyl groups is 4. The van der Waals surface area contributed by atoms with E-state index >= 15 is 0 Å². The summed E-state index contributed by atoms with van der Waals surface area (Å²) < 4.78 is 12.0. The number of carbonyl (C=O) groups excluding carboxylic acids is 2. The zero-order valence-electron chi connectivity index (χ0n) is 23.6. The first-order chi connectivity index (χ1) is 18.0. The molecule has 8 nitrogen and oxygen atoms in total. The predicted molar refractivity (Wildman–Crippen MR) is 148 cm³/mol. The number of ether oxygens (including phenoxy) is 2. The van der Waals surface area contributed by atoms with Gasteiger partial charge in [0.25, 0.3) is 0 Å². The van der Waals surface area contributed by atoms with Crippen molar-refractivity contribution in [2.24, 2.45) is 5.92 Å². The summed E-state index contributed by atoms with van der Waals surface area (Å²) in [4.78, 5) is 25.6. The molecule has 2 aliphatic heterocycles. The molecule has 2 aromatic rings. The smallest absolute Gasteiger partial charge is 0.167 e. The third-order valence-electron chi connectivity index (χ3n) is 7.09. The molecule has 0 aliphatic carbocycles. The van der Waals surface area contributed by atoms with Crippen molar-refractivity contribution >= 4 is 23.7 Å². The molecule has 2 aromatic carbocycles. The average molecular weight is 537 g/mol. The molecule has 4 N–H and O–H groups in total. The normalized spacial score (nSPS) is 16.5. The molecular weight excluding hydrogens is 500 g/mol. The van der Waals surface area contributed by atoms with E-state index in [9.17, 15) is 30.0 Å². The zero-order chi connectivity index (χ0) is 29.2. The molecule has 208 valence electrons. The number of rotatable bonds is 6. The minimum absolute atomic E-state index is 0.0540. The molecule has 0 saturated carbocycles. The van der Waals surface area contributed by atoms with Gasteiger partial charge < -0.3 is 29.9 Å². The molecule has 0 aromatic heterocycles. The molecule has 2 heterocycles. The maximum Gasteiger partial charge on any atom is 0.167 e. The van der Waals surface area contributed by atoms with E-state index in [0.717, 1.165) is 0 Å². The quantitative estimate of drug-likeness (QED) is 0.309. The minimum Gasteiger partial charge on any atom is -0.507 e. The number of Topliss-reactive ketones (excluding diaryl/α,β-unsaturated/α-hetero) is 2. The van der Waals surface area contributed by atoms with Crippen LogP contribution in [0.1, 0.15) is 111 Å². The molecule has 8 heteroatoms. The third-order valence-corrected chi connectivity index (χ3v) is 7.09. The highest BCUT2D eigenvalue weighted by atomic mass is 16.5. The van der Waals surface area contributed by atoms with Crippen molar-refractivity contribution in [1.29, 1.82) is 0 Å². The summed E-state index contributed by atoms with van der Waals surface area (Å²) in [6.45, 7) is 13.5. The average Bonchev–Trinajstić information content (AvgIpc) is 2.76. The van der Waals surface area contributed by atoms with Crippen LogP contribution < -0.4 is 9.47 Å². The molecule has 0 amide bonds. The number of benzene rings is 2. The Balaban J connectivity index is 2.12. The van der Waals surface area contributed by atoms with E-state index in [4.69, 9.17) is 9.47 Å². The van der Waals surface area contributed by atoms with E-state index in [1.165, 1.54) is 13.8 Å². The van der Waals surface area contributed by atoms with E-state index in [2.05, 4.69) is 0 Å². The Bertz CT molecular complexity index is 1350. The van der Waals surface area contributed by atoms with Crippen LogP contribution in [-0.4, -0.2) is 43.2 Å². The van der Waals surface area contributed by atoms with Gasteiger partial charge in [-0.3, -0.25) is 9.59 Å². The molecule has 0 unspecified atom stereocenters. The van der Waals surface area contributed by atoms with Gasteiger partial charge in [0.2, 0.25) is 0 Å². The number of hydrogen-bond acceptors (Lipinski definition) is 8.